The maximum Gasteiger partial charge on any atom is 0.178 e. The van der Waals surface area contributed by atoms with Crippen LogP contribution in [-0.4, -0.2) is 11.6 Å². The Balaban J connectivity index is 2.16. The van der Waals surface area contributed by atoms with E-state index in [2.05, 4.69) is 20.8 Å². The number of carbonyl (C=O) groups excluding carboxylic acids is 2. The lowest BCUT2D eigenvalue weighted by Gasteiger charge is -2.47. The van der Waals surface area contributed by atoms with Gasteiger partial charge in [0.1, 0.15) is 0 Å². The van der Waals surface area contributed by atoms with E-state index in [4.69, 9.17) is 0 Å². The van der Waals surface area contributed by atoms with Crippen LogP contribution in [0.2, 0.25) is 0 Å². The summed E-state index contributed by atoms with van der Waals surface area (Å²) in [6, 6.07) is 0. The van der Waals surface area contributed by atoms with E-state index in [0.717, 1.165) is 24.8 Å². The van der Waals surface area contributed by atoms with Gasteiger partial charge in [-0.2, -0.15) is 0 Å². The van der Waals surface area contributed by atoms with Crippen LogP contribution < -0.4 is 0 Å². The van der Waals surface area contributed by atoms with Gasteiger partial charge in [-0.25, -0.2) is 0 Å². The van der Waals surface area contributed by atoms with Crippen LogP contribution in [0.25, 0.3) is 0 Å². The molecule has 2 nitrogen and oxygen atoms in total. The summed E-state index contributed by atoms with van der Waals surface area (Å²) in [6.45, 7) is 10.3. The first-order valence-corrected chi connectivity index (χ1v) is 8.29. The van der Waals surface area contributed by atoms with Crippen molar-refractivity contribution in [2.75, 3.05) is 0 Å². The molecule has 0 aromatic rings. The molecule has 0 aromatic heterocycles. The normalized spacial score (nSPS) is 32.1. The number of rotatable bonds is 3. The summed E-state index contributed by atoms with van der Waals surface area (Å²) in [4.78, 5) is 23.8. The number of fused-ring (bicyclic) bond motifs is 1. The molecule has 2 aliphatic carbocycles. The molecule has 0 spiro atoms. The zero-order chi connectivity index (χ0) is 16.5. The predicted molar refractivity (Wildman–Crippen MR) is 90.5 cm³/mol. The second-order valence-electron chi connectivity index (χ2n) is 7.72. The highest BCUT2D eigenvalue weighted by Crippen LogP contribution is 2.52. The fourth-order valence-electron chi connectivity index (χ4n) is 4.20. The van der Waals surface area contributed by atoms with Crippen LogP contribution in [0.15, 0.2) is 34.9 Å². The molecule has 120 valence electrons. The van der Waals surface area contributed by atoms with E-state index in [-0.39, 0.29) is 17.0 Å². The van der Waals surface area contributed by atoms with E-state index >= 15 is 0 Å². The largest absolute Gasteiger partial charge is 0.295 e. The van der Waals surface area contributed by atoms with Gasteiger partial charge >= 0.3 is 0 Å². The Labute approximate surface area is 134 Å². The summed E-state index contributed by atoms with van der Waals surface area (Å²) >= 11 is 0. The average Bonchev–Trinajstić information content (AvgIpc) is 2.35. The standard InChI is InChI=1S/C20H28O2/c1-13(2)8-17(21)9-14(3)16-6-7-20(5)12-18(22)10-15(4)19(20)11-16/h8-10,16,19H,6-7,11-12H2,1-5H3/b14-9+/t16-,19+,20+/m1/s1. The molecule has 0 bridgehead atoms. The Morgan fingerprint density at radius 2 is 1.95 bits per heavy atom. The fourth-order valence-corrected chi connectivity index (χ4v) is 4.20. The maximum atomic E-state index is 12.0. The van der Waals surface area contributed by atoms with Crippen molar-refractivity contribution in [1.29, 1.82) is 0 Å². The lowest BCUT2D eigenvalue weighted by molar-refractivity contribution is -0.119. The Bertz CT molecular complexity index is 573. The van der Waals surface area contributed by atoms with Gasteiger partial charge < -0.3 is 0 Å². The van der Waals surface area contributed by atoms with Gasteiger partial charge in [0.15, 0.2) is 11.6 Å². The summed E-state index contributed by atoms with van der Waals surface area (Å²) < 4.78 is 0. The average molecular weight is 300 g/mol. The summed E-state index contributed by atoms with van der Waals surface area (Å²) in [5.74, 6) is 1.31. The quantitative estimate of drug-likeness (QED) is 0.701. The number of hydrogen-bond donors (Lipinski definition) is 0. The number of allylic oxidation sites excluding steroid dienone is 6. The van der Waals surface area contributed by atoms with Crippen LogP contribution in [0, 0.1) is 17.3 Å². The molecule has 1 saturated carbocycles. The monoisotopic (exact) mass is 300 g/mol. The van der Waals surface area contributed by atoms with Gasteiger partial charge in [-0.15, -0.1) is 0 Å². The summed E-state index contributed by atoms with van der Waals surface area (Å²) in [7, 11) is 0. The zero-order valence-electron chi connectivity index (χ0n) is 14.5. The van der Waals surface area contributed by atoms with Crippen LogP contribution in [0.3, 0.4) is 0 Å². The van der Waals surface area contributed by atoms with Gasteiger partial charge in [0.05, 0.1) is 0 Å². The SMILES string of the molecule is CC(C)=CC(=O)/C=C(\C)[C@@H]1CC[C@@]2(C)CC(=O)C=C(C)[C@@H]2C1. The minimum atomic E-state index is 0.0944. The third-order valence-corrected chi connectivity index (χ3v) is 5.39. The molecule has 0 unspecified atom stereocenters. The molecular weight excluding hydrogens is 272 g/mol. The highest BCUT2D eigenvalue weighted by Gasteiger charge is 2.44. The fraction of sp³-hybridized carbons (Fsp3) is 0.600. The number of ketones is 2. The summed E-state index contributed by atoms with van der Waals surface area (Å²) in [5, 5.41) is 0. The summed E-state index contributed by atoms with van der Waals surface area (Å²) in [6.07, 6.45) is 9.23. The lowest BCUT2D eigenvalue weighted by Crippen LogP contribution is -2.39. The van der Waals surface area contributed by atoms with Crippen LogP contribution in [0.1, 0.15) is 60.3 Å². The van der Waals surface area contributed by atoms with Crippen molar-refractivity contribution < 1.29 is 9.59 Å². The topological polar surface area (TPSA) is 34.1 Å². The second-order valence-corrected chi connectivity index (χ2v) is 7.72. The molecule has 0 N–H and O–H groups in total. The Kier molecular flexibility index (Phi) is 4.89. The minimum Gasteiger partial charge on any atom is -0.295 e. The molecule has 0 aromatic carbocycles. The van der Waals surface area contributed by atoms with Crippen molar-refractivity contribution in [3.63, 3.8) is 0 Å². The third kappa shape index (κ3) is 3.66. The van der Waals surface area contributed by atoms with Gasteiger partial charge in [-0.1, -0.05) is 23.6 Å². The van der Waals surface area contributed by atoms with Crippen molar-refractivity contribution >= 4 is 11.6 Å². The molecule has 0 amide bonds. The van der Waals surface area contributed by atoms with E-state index < -0.39 is 0 Å². The number of carbonyl (C=O) groups is 2. The molecule has 0 radical (unpaired) electrons. The molecule has 0 saturated heterocycles. The smallest absolute Gasteiger partial charge is 0.178 e. The first-order valence-electron chi connectivity index (χ1n) is 8.29. The van der Waals surface area contributed by atoms with E-state index in [1.807, 2.05) is 19.9 Å². The highest BCUT2D eigenvalue weighted by molar-refractivity contribution is 6.00. The van der Waals surface area contributed by atoms with E-state index in [1.54, 1.807) is 12.2 Å². The van der Waals surface area contributed by atoms with Gasteiger partial charge in [-0.05, 0) is 82.4 Å². The van der Waals surface area contributed by atoms with Crippen molar-refractivity contribution in [1.82, 2.24) is 0 Å². The van der Waals surface area contributed by atoms with Gasteiger partial charge in [0, 0.05) is 6.42 Å². The van der Waals surface area contributed by atoms with E-state index in [9.17, 15) is 9.59 Å². The Morgan fingerprint density at radius 1 is 1.27 bits per heavy atom. The molecule has 2 aliphatic rings. The molecule has 0 heterocycles. The molecular formula is C20H28O2. The zero-order valence-corrected chi connectivity index (χ0v) is 14.5. The summed E-state index contributed by atoms with van der Waals surface area (Å²) in [5.41, 5.74) is 3.58. The number of hydrogen-bond acceptors (Lipinski definition) is 2. The highest BCUT2D eigenvalue weighted by atomic mass is 16.1. The third-order valence-electron chi connectivity index (χ3n) is 5.39. The molecule has 1 fully saturated rings. The molecule has 2 heteroatoms. The van der Waals surface area contributed by atoms with E-state index in [1.165, 1.54) is 11.1 Å². The van der Waals surface area contributed by atoms with Crippen molar-refractivity contribution in [2.45, 2.75) is 60.3 Å². The van der Waals surface area contributed by atoms with Gasteiger partial charge in [0.25, 0.3) is 0 Å². The maximum absolute atomic E-state index is 12.0. The molecule has 2 rings (SSSR count). The lowest BCUT2D eigenvalue weighted by atomic mass is 9.57. The van der Waals surface area contributed by atoms with Crippen LogP contribution >= 0.6 is 0 Å². The van der Waals surface area contributed by atoms with Crippen LogP contribution in [0.5, 0.6) is 0 Å². The van der Waals surface area contributed by atoms with Crippen LogP contribution in [0.4, 0.5) is 0 Å². The van der Waals surface area contributed by atoms with Crippen molar-refractivity contribution in [2.24, 2.45) is 17.3 Å². The molecule has 22 heavy (non-hydrogen) atoms. The van der Waals surface area contributed by atoms with Gasteiger partial charge in [-0.3, -0.25) is 9.59 Å². The van der Waals surface area contributed by atoms with Crippen molar-refractivity contribution in [3.05, 3.63) is 34.9 Å². The first kappa shape index (κ1) is 16.9. The minimum absolute atomic E-state index is 0.0944. The van der Waals surface area contributed by atoms with Crippen LogP contribution in [-0.2, 0) is 9.59 Å². The Hall–Kier alpha value is -1.44. The Morgan fingerprint density at radius 3 is 2.59 bits per heavy atom. The van der Waals surface area contributed by atoms with Crippen molar-refractivity contribution in [3.8, 4) is 0 Å². The second kappa shape index (κ2) is 6.36. The predicted octanol–water partition coefficient (Wildman–Crippen LogP) is 4.81. The molecule has 0 aliphatic heterocycles. The molecule has 3 atom stereocenters. The van der Waals surface area contributed by atoms with Gasteiger partial charge in [0.2, 0.25) is 0 Å². The van der Waals surface area contributed by atoms with E-state index in [0.29, 0.717) is 18.3 Å². The first-order chi connectivity index (χ1) is 10.2.